The summed E-state index contributed by atoms with van der Waals surface area (Å²) in [6.45, 7) is 3.82. The fourth-order valence-electron chi connectivity index (χ4n) is 1.94. The minimum Gasteiger partial charge on any atom is -0.490 e. The first-order valence-corrected chi connectivity index (χ1v) is 5.48. The van der Waals surface area contributed by atoms with Crippen LogP contribution in [0, 0.1) is 17.6 Å². The van der Waals surface area contributed by atoms with Crippen molar-refractivity contribution in [1.82, 2.24) is 5.32 Å². The van der Waals surface area contributed by atoms with Gasteiger partial charge < -0.3 is 10.1 Å². The molecule has 2 atom stereocenters. The van der Waals surface area contributed by atoms with Crippen LogP contribution in [0.15, 0.2) is 18.2 Å². The van der Waals surface area contributed by atoms with Crippen molar-refractivity contribution in [3.8, 4) is 5.75 Å². The third-order valence-electron chi connectivity index (χ3n) is 2.83. The molecule has 1 heterocycles. The van der Waals surface area contributed by atoms with Crippen LogP contribution in [0.25, 0.3) is 0 Å². The summed E-state index contributed by atoms with van der Waals surface area (Å²) in [4.78, 5) is 0. The van der Waals surface area contributed by atoms with Gasteiger partial charge in [-0.2, -0.15) is 0 Å². The van der Waals surface area contributed by atoms with Gasteiger partial charge >= 0.3 is 0 Å². The monoisotopic (exact) mass is 227 g/mol. The second-order valence-electron chi connectivity index (χ2n) is 4.23. The lowest BCUT2D eigenvalue weighted by Crippen LogP contribution is -2.41. The summed E-state index contributed by atoms with van der Waals surface area (Å²) in [5.74, 6) is -0.579. The molecule has 0 saturated carbocycles. The van der Waals surface area contributed by atoms with E-state index in [0.717, 1.165) is 25.6 Å². The molecule has 1 saturated heterocycles. The molecule has 1 aliphatic rings. The molecule has 1 aromatic carbocycles. The van der Waals surface area contributed by atoms with Crippen molar-refractivity contribution >= 4 is 0 Å². The number of halogens is 2. The predicted octanol–water partition coefficient (Wildman–Crippen LogP) is 2.34. The van der Waals surface area contributed by atoms with Gasteiger partial charge in [-0.3, -0.25) is 0 Å². The van der Waals surface area contributed by atoms with E-state index >= 15 is 0 Å². The Morgan fingerprint density at radius 3 is 2.56 bits per heavy atom. The molecule has 1 aromatic rings. The first kappa shape index (κ1) is 11.3. The molecule has 0 aliphatic carbocycles. The van der Waals surface area contributed by atoms with Gasteiger partial charge in [0.05, 0.1) is 0 Å². The highest BCUT2D eigenvalue weighted by Gasteiger charge is 2.22. The van der Waals surface area contributed by atoms with Crippen LogP contribution in [0.4, 0.5) is 8.78 Å². The molecule has 4 heteroatoms. The largest absolute Gasteiger partial charge is 0.490 e. The minimum atomic E-state index is -0.600. The van der Waals surface area contributed by atoms with E-state index < -0.39 is 11.6 Å². The number of nitrogens with one attached hydrogen (secondary N) is 1. The number of hydrogen-bond donors (Lipinski definition) is 1. The SMILES string of the molecule is CC1CNCCC1Oc1cc(F)cc(F)c1. The molecule has 0 amide bonds. The number of benzene rings is 1. The quantitative estimate of drug-likeness (QED) is 0.837. The summed E-state index contributed by atoms with van der Waals surface area (Å²) in [5, 5.41) is 3.24. The average molecular weight is 227 g/mol. The van der Waals surface area contributed by atoms with Gasteiger partial charge in [-0.25, -0.2) is 8.78 Å². The Kier molecular flexibility index (Phi) is 3.39. The number of rotatable bonds is 2. The molecule has 1 aliphatic heterocycles. The van der Waals surface area contributed by atoms with Crippen LogP contribution in [-0.2, 0) is 0 Å². The van der Waals surface area contributed by atoms with Crippen molar-refractivity contribution in [3.63, 3.8) is 0 Å². The van der Waals surface area contributed by atoms with E-state index in [1.807, 2.05) is 0 Å². The molecule has 0 aromatic heterocycles. The van der Waals surface area contributed by atoms with Gasteiger partial charge in [-0.05, 0) is 13.0 Å². The highest BCUT2D eigenvalue weighted by Crippen LogP contribution is 2.21. The summed E-state index contributed by atoms with van der Waals surface area (Å²) >= 11 is 0. The molecule has 88 valence electrons. The lowest BCUT2D eigenvalue weighted by atomic mass is 9.98. The number of piperidine rings is 1. The molecule has 2 unspecified atom stereocenters. The topological polar surface area (TPSA) is 21.3 Å². The van der Waals surface area contributed by atoms with Crippen LogP contribution >= 0.6 is 0 Å². The Hall–Kier alpha value is -1.16. The van der Waals surface area contributed by atoms with Gasteiger partial charge in [0.25, 0.3) is 0 Å². The number of hydrogen-bond acceptors (Lipinski definition) is 2. The Balaban J connectivity index is 2.07. The molecule has 2 nitrogen and oxygen atoms in total. The van der Waals surface area contributed by atoms with Gasteiger partial charge in [0, 0.05) is 30.7 Å². The molecular formula is C12H15F2NO. The third kappa shape index (κ3) is 2.70. The van der Waals surface area contributed by atoms with Gasteiger partial charge in [0.15, 0.2) is 0 Å². The zero-order chi connectivity index (χ0) is 11.5. The van der Waals surface area contributed by atoms with E-state index in [2.05, 4.69) is 12.2 Å². The lowest BCUT2D eigenvalue weighted by molar-refractivity contribution is 0.111. The van der Waals surface area contributed by atoms with E-state index in [9.17, 15) is 8.78 Å². The second-order valence-corrected chi connectivity index (χ2v) is 4.23. The highest BCUT2D eigenvalue weighted by atomic mass is 19.1. The lowest BCUT2D eigenvalue weighted by Gasteiger charge is -2.30. The second kappa shape index (κ2) is 4.78. The first-order chi connectivity index (χ1) is 7.65. The zero-order valence-corrected chi connectivity index (χ0v) is 9.17. The maximum Gasteiger partial charge on any atom is 0.129 e. The van der Waals surface area contributed by atoms with Gasteiger partial charge in [-0.15, -0.1) is 0 Å². The van der Waals surface area contributed by atoms with Crippen LogP contribution in [0.1, 0.15) is 13.3 Å². The summed E-state index contributed by atoms with van der Waals surface area (Å²) in [5.41, 5.74) is 0. The average Bonchev–Trinajstić information content (AvgIpc) is 2.20. The summed E-state index contributed by atoms with van der Waals surface area (Å²) < 4.78 is 31.5. The smallest absolute Gasteiger partial charge is 0.129 e. The summed E-state index contributed by atoms with van der Waals surface area (Å²) in [6.07, 6.45) is 0.890. The molecule has 0 bridgehead atoms. The zero-order valence-electron chi connectivity index (χ0n) is 9.17. The minimum absolute atomic E-state index is 0.0300. The molecule has 0 spiro atoms. The van der Waals surface area contributed by atoms with Crippen molar-refractivity contribution in [2.75, 3.05) is 13.1 Å². The van der Waals surface area contributed by atoms with Crippen LogP contribution in [0.5, 0.6) is 5.75 Å². The van der Waals surface area contributed by atoms with Crippen molar-refractivity contribution in [3.05, 3.63) is 29.8 Å². The third-order valence-corrected chi connectivity index (χ3v) is 2.83. The van der Waals surface area contributed by atoms with Crippen molar-refractivity contribution in [2.45, 2.75) is 19.4 Å². The van der Waals surface area contributed by atoms with Crippen LogP contribution in [0.3, 0.4) is 0 Å². The van der Waals surface area contributed by atoms with Gasteiger partial charge in [-0.1, -0.05) is 6.92 Å². The van der Waals surface area contributed by atoms with E-state index in [0.29, 0.717) is 5.92 Å². The van der Waals surface area contributed by atoms with Crippen LogP contribution in [-0.4, -0.2) is 19.2 Å². The van der Waals surface area contributed by atoms with Crippen molar-refractivity contribution < 1.29 is 13.5 Å². The molecule has 0 radical (unpaired) electrons. The molecular weight excluding hydrogens is 212 g/mol. The van der Waals surface area contributed by atoms with Crippen molar-refractivity contribution in [2.24, 2.45) is 5.92 Å². The van der Waals surface area contributed by atoms with E-state index in [1.54, 1.807) is 0 Å². The maximum atomic E-state index is 12.9. The maximum absolute atomic E-state index is 12.9. The predicted molar refractivity (Wildman–Crippen MR) is 57.4 cm³/mol. The summed E-state index contributed by atoms with van der Waals surface area (Å²) in [7, 11) is 0. The molecule has 1 fully saturated rings. The van der Waals surface area contributed by atoms with Crippen LogP contribution < -0.4 is 10.1 Å². The van der Waals surface area contributed by atoms with E-state index in [1.165, 1.54) is 12.1 Å². The summed E-state index contributed by atoms with van der Waals surface area (Å²) in [6, 6.07) is 3.29. The standard InChI is InChI=1S/C12H15F2NO/c1-8-7-15-3-2-12(8)16-11-5-9(13)4-10(14)6-11/h4-6,8,12,15H,2-3,7H2,1H3. The van der Waals surface area contributed by atoms with E-state index in [4.69, 9.17) is 4.74 Å². The van der Waals surface area contributed by atoms with Gasteiger partial charge in [0.1, 0.15) is 23.5 Å². The first-order valence-electron chi connectivity index (χ1n) is 5.48. The highest BCUT2D eigenvalue weighted by molar-refractivity contribution is 5.24. The fourth-order valence-corrected chi connectivity index (χ4v) is 1.94. The number of ether oxygens (including phenoxy) is 1. The van der Waals surface area contributed by atoms with Gasteiger partial charge in [0.2, 0.25) is 0 Å². The molecule has 16 heavy (non-hydrogen) atoms. The fraction of sp³-hybridized carbons (Fsp3) is 0.500. The molecule has 2 rings (SSSR count). The Labute approximate surface area is 93.6 Å². The Bertz CT molecular complexity index is 350. The molecule has 1 N–H and O–H groups in total. The Morgan fingerprint density at radius 2 is 1.94 bits per heavy atom. The van der Waals surface area contributed by atoms with Crippen LogP contribution in [0.2, 0.25) is 0 Å². The van der Waals surface area contributed by atoms with E-state index in [-0.39, 0.29) is 11.9 Å². The normalized spacial score (nSPS) is 25.4. The Morgan fingerprint density at radius 1 is 1.25 bits per heavy atom. The van der Waals surface area contributed by atoms with Crippen molar-refractivity contribution in [1.29, 1.82) is 0 Å².